The van der Waals surface area contributed by atoms with Crippen LogP contribution < -0.4 is 10.6 Å². The van der Waals surface area contributed by atoms with E-state index >= 15 is 0 Å². The van der Waals surface area contributed by atoms with Crippen molar-refractivity contribution in [2.24, 2.45) is 5.73 Å². The summed E-state index contributed by atoms with van der Waals surface area (Å²) in [5.74, 6) is -0.153. The highest BCUT2D eigenvalue weighted by molar-refractivity contribution is 5.73. The lowest BCUT2D eigenvalue weighted by molar-refractivity contribution is 0.194. The van der Waals surface area contributed by atoms with Gasteiger partial charge in [-0.2, -0.15) is 0 Å². The second-order valence-corrected chi connectivity index (χ2v) is 7.31. The van der Waals surface area contributed by atoms with Gasteiger partial charge in [-0.05, 0) is 80.4 Å². The van der Waals surface area contributed by atoms with Gasteiger partial charge >= 0.3 is 0 Å². The Bertz CT molecular complexity index is 762. The molecule has 2 aromatic carbocycles. The molecule has 0 spiro atoms. The maximum absolute atomic E-state index is 14.0. The van der Waals surface area contributed by atoms with E-state index in [0.717, 1.165) is 62.4 Å². The molecule has 2 atom stereocenters. The summed E-state index contributed by atoms with van der Waals surface area (Å²) < 4.78 is 27.3. The zero-order valence-corrected chi connectivity index (χ0v) is 14.9. The molecule has 2 aliphatic heterocycles. The molecule has 0 amide bonds. The van der Waals surface area contributed by atoms with Crippen molar-refractivity contribution < 1.29 is 8.78 Å². The number of nitrogens with two attached hydrogens (primary N) is 1. The van der Waals surface area contributed by atoms with E-state index in [1.807, 2.05) is 18.2 Å². The van der Waals surface area contributed by atoms with E-state index in [0.29, 0.717) is 6.04 Å². The predicted molar refractivity (Wildman–Crippen MR) is 101 cm³/mol. The number of hydrogen-bond acceptors (Lipinski definition) is 3. The fourth-order valence-electron chi connectivity index (χ4n) is 4.46. The molecule has 1 saturated heterocycles. The smallest absolute Gasteiger partial charge is 0.123 e. The van der Waals surface area contributed by atoms with E-state index in [9.17, 15) is 8.78 Å². The topological polar surface area (TPSA) is 32.5 Å². The normalized spacial score (nSPS) is 22.3. The molecule has 0 saturated carbocycles. The van der Waals surface area contributed by atoms with Crippen LogP contribution in [0.15, 0.2) is 42.5 Å². The molecule has 0 radical (unpaired) electrons. The van der Waals surface area contributed by atoms with Gasteiger partial charge in [0, 0.05) is 36.4 Å². The number of fused-ring (bicyclic) bond motifs is 3. The number of piperidine rings is 1. The monoisotopic (exact) mass is 357 g/mol. The molecular weight excluding hydrogens is 332 g/mol. The highest BCUT2D eigenvalue weighted by Crippen LogP contribution is 2.48. The molecule has 4 rings (SSSR count). The lowest BCUT2D eigenvalue weighted by Gasteiger charge is -2.39. The molecule has 1 fully saturated rings. The third kappa shape index (κ3) is 3.21. The minimum Gasteiger partial charge on any atom is -0.337 e. The first-order valence-corrected chi connectivity index (χ1v) is 9.44. The molecule has 0 aromatic heterocycles. The zero-order chi connectivity index (χ0) is 18.1. The van der Waals surface area contributed by atoms with Crippen molar-refractivity contribution in [1.82, 2.24) is 4.90 Å². The highest BCUT2D eigenvalue weighted by Gasteiger charge is 2.42. The maximum atomic E-state index is 14.0. The van der Waals surface area contributed by atoms with Crippen molar-refractivity contribution in [3.63, 3.8) is 0 Å². The molecule has 2 aromatic rings. The highest BCUT2D eigenvalue weighted by atomic mass is 19.1. The van der Waals surface area contributed by atoms with Gasteiger partial charge in [0.2, 0.25) is 0 Å². The second kappa shape index (κ2) is 7.33. The third-order valence-corrected chi connectivity index (χ3v) is 5.67. The van der Waals surface area contributed by atoms with E-state index in [4.69, 9.17) is 5.73 Å². The van der Waals surface area contributed by atoms with Gasteiger partial charge in [0.25, 0.3) is 0 Å². The quantitative estimate of drug-likeness (QED) is 0.821. The minimum absolute atomic E-state index is 0.191. The molecule has 0 aliphatic carbocycles. The Balaban J connectivity index is 1.64. The largest absolute Gasteiger partial charge is 0.337 e. The molecule has 26 heavy (non-hydrogen) atoms. The Morgan fingerprint density at radius 1 is 1.00 bits per heavy atom. The number of unbranched alkanes of at least 4 members (excludes halogenated alkanes) is 1. The second-order valence-electron chi connectivity index (χ2n) is 7.31. The molecular formula is C21H25F2N3. The Labute approximate surface area is 153 Å². The Kier molecular flexibility index (Phi) is 4.92. The van der Waals surface area contributed by atoms with E-state index in [2.05, 4.69) is 9.80 Å². The molecule has 3 nitrogen and oxygen atoms in total. The summed E-state index contributed by atoms with van der Waals surface area (Å²) in [5.41, 5.74) is 8.71. The molecule has 2 heterocycles. The average molecular weight is 357 g/mol. The summed E-state index contributed by atoms with van der Waals surface area (Å²) in [5, 5.41) is 0. The average Bonchev–Trinajstić information content (AvgIpc) is 2.96. The standard InChI is InChI=1S/C21H25F2N3/c22-15-3-6-17(7-4-15)26-20-8-5-16(23)13-18(20)19-14-25(11-2-1-10-24)12-9-21(19)26/h3-8,13,19,21H,1-2,9-12,14,24H2/t19?,21-/m1/s1. The molecule has 5 heteroatoms. The van der Waals surface area contributed by atoms with Gasteiger partial charge in [-0.25, -0.2) is 8.78 Å². The maximum Gasteiger partial charge on any atom is 0.123 e. The summed E-state index contributed by atoms with van der Waals surface area (Å²) >= 11 is 0. The third-order valence-electron chi connectivity index (χ3n) is 5.67. The van der Waals surface area contributed by atoms with Crippen LogP contribution in [0.25, 0.3) is 0 Å². The Hall–Kier alpha value is -1.98. The number of anilines is 2. The van der Waals surface area contributed by atoms with E-state index in [1.54, 1.807) is 6.07 Å². The van der Waals surface area contributed by atoms with Crippen molar-refractivity contribution in [1.29, 1.82) is 0 Å². The number of hydrogen-bond donors (Lipinski definition) is 1. The minimum atomic E-state index is -0.237. The van der Waals surface area contributed by atoms with Gasteiger partial charge in [-0.3, -0.25) is 0 Å². The van der Waals surface area contributed by atoms with Gasteiger partial charge in [-0.1, -0.05) is 0 Å². The van der Waals surface area contributed by atoms with Gasteiger partial charge in [0.1, 0.15) is 11.6 Å². The molecule has 138 valence electrons. The van der Waals surface area contributed by atoms with Gasteiger partial charge < -0.3 is 15.5 Å². The fourth-order valence-corrected chi connectivity index (χ4v) is 4.46. The molecule has 0 bridgehead atoms. The van der Waals surface area contributed by atoms with Gasteiger partial charge in [0.05, 0.1) is 0 Å². The zero-order valence-electron chi connectivity index (χ0n) is 14.9. The van der Waals surface area contributed by atoms with Crippen LogP contribution >= 0.6 is 0 Å². The lowest BCUT2D eigenvalue weighted by atomic mass is 9.89. The Morgan fingerprint density at radius 3 is 2.54 bits per heavy atom. The molecule has 2 N–H and O–H groups in total. The number of halogens is 2. The summed E-state index contributed by atoms with van der Waals surface area (Å²) in [6, 6.07) is 12.0. The van der Waals surface area contributed by atoms with Crippen molar-refractivity contribution >= 4 is 11.4 Å². The summed E-state index contributed by atoms with van der Waals surface area (Å²) in [4.78, 5) is 4.75. The lowest BCUT2D eigenvalue weighted by Crippen LogP contribution is -2.45. The van der Waals surface area contributed by atoms with Gasteiger partial charge in [-0.15, -0.1) is 0 Å². The predicted octanol–water partition coefficient (Wildman–Crippen LogP) is 4.01. The van der Waals surface area contributed by atoms with Crippen molar-refractivity contribution in [2.45, 2.75) is 31.2 Å². The van der Waals surface area contributed by atoms with Crippen LogP contribution in [-0.4, -0.2) is 37.1 Å². The first-order chi connectivity index (χ1) is 12.7. The van der Waals surface area contributed by atoms with E-state index in [-0.39, 0.29) is 17.6 Å². The number of benzene rings is 2. The summed E-state index contributed by atoms with van der Waals surface area (Å²) in [6.07, 6.45) is 3.16. The molecule has 2 aliphatic rings. The van der Waals surface area contributed by atoms with Crippen molar-refractivity contribution in [3.8, 4) is 0 Å². The van der Waals surface area contributed by atoms with Crippen LogP contribution in [-0.2, 0) is 0 Å². The van der Waals surface area contributed by atoms with Crippen LogP contribution in [0.1, 0.15) is 30.7 Å². The first kappa shape index (κ1) is 17.4. The number of likely N-dealkylation sites (tertiary alicyclic amines) is 1. The van der Waals surface area contributed by atoms with Crippen LogP contribution in [0.2, 0.25) is 0 Å². The molecule has 1 unspecified atom stereocenters. The summed E-state index contributed by atoms with van der Waals surface area (Å²) in [7, 11) is 0. The van der Waals surface area contributed by atoms with Crippen LogP contribution in [0.4, 0.5) is 20.2 Å². The van der Waals surface area contributed by atoms with E-state index in [1.165, 1.54) is 18.2 Å². The Morgan fingerprint density at radius 2 is 1.77 bits per heavy atom. The van der Waals surface area contributed by atoms with Crippen LogP contribution in [0.5, 0.6) is 0 Å². The van der Waals surface area contributed by atoms with E-state index < -0.39 is 0 Å². The number of rotatable bonds is 5. The van der Waals surface area contributed by atoms with Crippen LogP contribution in [0, 0.1) is 11.6 Å². The van der Waals surface area contributed by atoms with Crippen LogP contribution in [0.3, 0.4) is 0 Å². The fraction of sp³-hybridized carbons (Fsp3) is 0.429. The SMILES string of the molecule is NCCCCN1CC[C@@H]2C(C1)c1cc(F)ccc1N2c1ccc(F)cc1. The van der Waals surface area contributed by atoms with Crippen molar-refractivity contribution in [3.05, 3.63) is 59.7 Å². The summed E-state index contributed by atoms with van der Waals surface area (Å²) in [6.45, 7) is 3.73. The first-order valence-electron chi connectivity index (χ1n) is 9.44. The number of nitrogens with zero attached hydrogens (tertiary/aromatic N) is 2. The van der Waals surface area contributed by atoms with Gasteiger partial charge in [0.15, 0.2) is 0 Å². The van der Waals surface area contributed by atoms with Crippen molar-refractivity contribution in [2.75, 3.05) is 31.1 Å².